The molecule has 0 aliphatic carbocycles. The second-order valence-corrected chi connectivity index (χ2v) is 12.8. The van der Waals surface area contributed by atoms with E-state index in [0.29, 0.717) is 6.42 Å². The van der Waals surface area contributed by atoms with Crippen molar-refractivity contribution >= 4 is 11.9 Å². The van der Waals surface area contributed by atoms with Crippen LogP contribution in [0.3, 0.4) is 0 Å². The predicted molar refractivity (Wildman–Crippen MR) is 122 cm³/mol. The van der Waals surface area contributed by atoms with Gasteiger partial charge in [-0.2, -0.15) is 0 Å². The minimum Gasteiger partial charge on any atom is -0.463 e. The Labute approximate surface area is 185 Å². The van der Waals surface area contributed by atoms with Crippen LogP contribution in [0.5, 0.6) is 0 Å². The van der Waals surface area contributed by atoms with E-state index in [1.54, 1.807) is 6.92 Å². The molecule has 178 valence electrons. The van der Waals surface area contributed by atoms with Crippen molar-refractivity contribution in [2.24, 2.45) is 27.1 Å². The highest BCUT2D eigenvalue weighted by Crippen LogP contribution is 2.59. The summed E-state index contributed by atoms with van der Waals surface area (Å²) in [6.45, 7) is 27.4. The maximum absolute atomic E-state index is 13.4. The van der Waals surface area contributed by atoms with Gasteiger partial charge in [-0.05, 0) is 71.1 Å². The Bertz CT molecular complexity index is 614. The van der Waals surface area contributed by atoms with Gasteiger partial charge in [0.2, 0.25) is 0 Å². The standard InChI is InChI=1S/C25H48O5/c1-17(26)15-29-18(27)23(10,11)24(12,13)22(8,9)16-25(14,20(2,3)4)19(28)30-21(5,6)7/h17,26H,15-16H2,1-14H3. The fourth-order valence-corrected chi connectivity index (χ4v) is 3.62. The fourth-order valence-electron chi connectivity index (χ4n) is 3.62. The second-order valence-electron chi connectivity index (χ2n) is 12.8. The van der Waals surface area contributed by atoms with E-state index in [-0.39, 0.29) is 24.0 Å². The van der Waals surface area contributed by atoms with E-state index in [1.807, 2.05) is 41.5 Å². The van der Waals surface area contributed by atoms with E-state index in [1.165, 1.54) is 0 Å². The minimum absolute atomic E-state index is 0.0314. The molecule has 0 aliphatic rings. The summed E-state index contributed by atoms with van der Waals surface area (Å²) in [5.74, 6) is -0.572. The SMILES string of the molecule is CC(O)COC(=O)C(C)(C)C(C)(C)C(C)(C)CC(C)(C(=O)OC(C)(C)C)C(C)(C)C. The van der Waals surface area contributed by atoms with Gasteiger partial charge in [-0.25, -0.2) is 0 Å². The van der Waals surface area contributed by atoms with Crippen molar-refractivity contribution in [3.05, 3.63) is 0 Å². The van der Waals surface area contributed by atoms with E-state index >= 15 is 0 Å². The maximum atomic E-state index is 13.4. The van der Waals surface area contributed by atoms with Gasteiger partial charge in [-0.1, -0.05) is 48.5 Å². The Morgan fingerprint density at radius 2 is 1.23 bits per heavy atom. The maximum Gasteiger partial charge on any atom is 0.312 e. The van der Waals surface area contributed by atoms with E-state index in [2.05, 4.69) is 48.5 Å². The molecule has 2 atom stereocenters. The highest BCUT2D eigenvalue weighted by molar-refractivity contribution is 5.78. The molecule has 0 aliphatic heterocycles. The summed E-state index contributed by atoms with van der Waals surface area (Å²) in [7, 11) is 0. The van der Waals surface area contributed by atoms with Crippen LogP contribution in [-0.4, -0.2) is 35.4 Å². The highest BCUT2D eigenvalue weighted by Gasteiger charge is 2.58. The van der Waals surface area contributed by atoms with Crippen molar-refractivity contribution in [2.75, 3.05) is 6.61 Å². The van der Waals surface area contributed by atoms with E-state index in [4.69, 9.17) is 9.47 Å². The van der Waals surface area contributed by atoms with Crippen LogP contribution in [0.1, 0.15) is 103 Å². The normalized spacial score (nSPS) is 17.2. The molecule has 0 rings (SSSR count). The highest BCUT2D eigenvalue weighted by atomic mass is 16.6. The first kappa shape index (κ1) is 28.9. The van der Waals surface area contributed by atoms with Crippen molar-refractivity contribution < 1.29 is 24.2 Å². The summed E-state index contributed by atoms with van der Waals surface area (Å²) in [6.07, 6.45) is -0.171. The lowest BCUT2D eigenvalue weighted by atomic mass is 9.49. The van der Waals surface area contributed by atoms with Gasteiger partial charge in [-0.15, -0.1) is 0 Å². The molecule has 0 aromatic carbocycles. The zero-order valence-corrected chi connectivity index (χ0v) is 22.1. The lowest BCUT2D eigenvalue weighted by molar-refractivity contribution is -0.184. The fraction of sp³-hybridized carbons (Fsp3) is 0.920. The van der Waals surface area contributed by atoms with E-state index in [0.717, 1.165) is 0 Å². The molecule has 0 aromatic rings. The Balaban J connectivity index is 6.10. The third kappa shape index (κ3) is 6.21. The average Bonchev–Trinajstić information content (AvgIpc) is 2.48. The molecule has 0 bridgehead atoms. The number of hydrogen-bond acceptors (Lipinski definition) is 5. The predicted octanol–water partition coefficient (Wildman–Crippen LogP) is 5.77. The summed E-state index contributed by atoms with van der Waals surface area (Å²) in [5.41, 5.74) is -3.46. The topological polar surface area (TPSA) is 72.8 Å². The molecule has 2 unspecified atom stereocenters. The van der Waals surface area contributed by atoms with Gasteiger partial charge >= 0.3 is 11.9 Å². The molecule has 0 radical (unpaired) electrons. The third-order valence-corrected chi connectivity index (χ3v) is 7.52. The summed E-state index contributed by atoms with van der Waals surface area (Å²) in [5, 5.41) is 9.50. The summed E-state index contributed by atoms with van der Waals surface area (Å²) >= 11 is 0. The Morgan fingerprint density at radius 1 is 0.800 bits per heavy atom. The van der Waals surface area contributed by atoms with Gasteiger partial charge in [0.1, 0.15) is 12.2 Å². The van der Waals surface area contributed by atoms with Crippen LogP contribution in [0.4, 0.5) is 0 Å². The monoisotopic (exact) mass is 428 g/mol. The first-order chi connectivity index (χ1) is 12.9. The number of ether oxygens (including phenoxy) is 2. The van der Waals surface area contributed by atoms with Gasteiger partial charge in [0.25, 0.3) is 0 Å². The molecule has 0 amide bonds. The average molecular weight is 429 g/mol. The number of rotatable bonds is 8. The van der Waals surface area contributed by atoms with Crippen LogP contribution in [0.2, 0.25) is 0 Å². The van der Waals surface area contributed by atoms with Crippen LogP contribution < -0.4 is 0 Å². The smallest absolute Gasteiger partial charge is 0.312 e. The van der Waals surface area contributed by atoms with Crippen LogP contribution in [0.25, 0.3) is 0 Å². The molecule has 5 nitrogen and oxygen atoms in total. The van der Waals surface area contributed by atoms with E-state index in [9.17, 15) is 14.7 Å². The second kappa shape index (κ2) is 8.80. The van der Waals surface area contributed by atoms with Gasteiger partial charge < -0.3 is 14.6 Å². The van der Waals surface area contributed by atoms with Crippen LogP contribution in [-0.2, 0) is 19.1 Å². The molecular weight excluding hydrogens is 380 g/mol. The summed E-state index contributed by atoms with van der Waals surface area (Å²) in [6, 6.07) is 0. The van der Waals surface area contributed by atoms with E-state index < -0.39 is 33.4 Å². The largest absolute Gasteiger partial charge is 0.463 e. The molecule has 0 saturated heterocycles. The lowest BCUT2D eigenvalue weighted by Gasteiger charge is -2.55. The first-order valence-electron chi connectivity index (χ1n) is 11.0. The molecule has 0 saturated carbocycles. The van der Waals surface area contributed by atoms with Gasteiger partial charge in [-0.3, -0.25) is 9.59 Å². The first-order valence-corrected chi connectivity index (χ1v) is 11.0. The Hall–Kier alpha value is -1.10. The molecule has 0 aromatic heterocycles. The van der Waals surface area contributed by atoms with Crippen molar-refractivity contribution in [1.82, 2.24) is 0 Å². The number of hydrogen-bond donors (Lipinski definition) is 1. The number of esters is 2. The number of carbonyl (C=O) groups is 2. The van der Waals surface area contributed by atoms with Crippen LogP contribution in [0, 0.1) is 27.1 Å². The Kier molecular flexibility index (Phi) is 8.48. The van der Waals surface area contributed by atoms with Crippen molar-refractivity contribution in [3.63, 3.8) is 0 Å². The molecule has 30 heavy (non-hydrogen) atoms. The Morgan fingerprint density at radius 3 is 1.57 bits per heavy atom. The molecule has 0 spiro atoms. The molecule has 1 N–H and O–H groups in total. The minimum atomic E-state index is -0.835. The van der Waals surface area contributed by atoms with Gasteiger partial charge in [0.05, 0.1) is 16.9 Å². The lowest BCUT2D eigenvalue weighted by Crippen LogP contribution is -2.54. The molecule has 0 fully saturated rings. The van der Waals surface area contributed by atoms with Gasteiger partial charge in [0.15, 0.2) is 0 Å². The van der Waals surface area contributed by atoms with Crippen molar-refractivity contribution in [1.29, 1.82) is 0 Å². The number of aliphatic hydroxyl groups is 1. The zero-order chi connectivity index (χ0) is 24.6. The number of carbonyl (C=O) groups excluding carboxylic acids is 2. The van der Waals surface area contributed by atoms with Crippen LogP contribution >= 0.6 is 0 Å². The number of aliphatic hydroxyl groups excluding tert-OH is 1. The van der Waals surface area contributed by atoms with Gasteiger partial charge in [0, 0.05) is 0 Å². The molecule has 5 heteroatoms. The van der Waals surface area contributed by atoms with Crippen molar-refractivity contribution in [2.45, 2.75) is 115 Å². The quantitative estimate of drug-likeness (QED) is 0.497. The summed E-state index contributed by atoms with van der Waals surface area (Å²) in [4.78, 5) is 26.3. The molecular formula is C25H48O5. The van der Waals surface area contributed by atoms with Crippen LogP contribution in [0.15, 0.2) is 0 Å². The third-order valence-electron chi connectivity index (χ3n) is 7.52. The van der Waals surface area contributed by atoms with Crippen molar-refractivity contribution in [3.8, 4) is 0 Å². The molecule has 0 heterocycles. The zero-order valence-electron chi connectivity index (χ0n) is 22.1. The summed E-state index contributed by atoms with van der Waals surface area (Å²) < 4.78 is 11.2.